The number of ether oxygens (including phenoxy) is 1. The van der Waals surface area contributed by atoms with Crippen molar-refractivity contribution in [3.05, 3.63) is 48.6 Å². The minimum atomic E-state index is -0.109. The van der Waals surface area contributed by atoms with Crippen LogP contribution in [0.15, 0.2) is 37.2 Å². The van der Waals surface area contributed by atoms with Crippen LogP contribution in [0.2, 0.25) is 0 Å². The van der Waals surface area contributed by atoms with Crippen LogP contribution in [-0.4, -0.2) is 57.0 Å². The number of aromatic nitrogens is 4. The molecule has 2 aromatic rings. The Balaban J connectivity index is 1.69. The molecule has 7 heteroatoms. The van der Waals surface area contributed by atoms with Gasteiger partial charge in [-0.2, -0.15) is 0 Å². The highest BCUT2D eigenvalue weighted by Gasteiger charge is 2.24. The lowest BCUT2D eigenvalue weighted by Gasteiger charge is -2.22. The lowest BCUT2D eigenvalue weighted by atomic mass is 10.0. The third-order valence-electron chi connectivity index (χ3n) is 3.52. The molecule has 0 aromatic carbocycles. The molecule has 3 rings (SSSR count). The van der Waals surface area contributed by atoms with Crippen LogP contribution in [0.5, 0.6) is 0 Å². The number of carbonyl (C=O) groups is 1. The van der Waals surface area contributed by atoms with Gasteiger partial charge < -0.3 is 9.64 Å². The van der Waals surface area contributed by atoms with Crippen LogP contribution >= 0.6 is 0 Å². The SMILES string of the molecule is O=C(c1cnccn1)N1CCOCC(Cc2cnccn2)C1. The lowest BCUT2D eigenvalue weighted by molar-refractivity contribution is 0.0731. The maximum atomic E-state index is 12.5. The van der Waals surface area contributed by atoms with E-state index in [0.717, 1.165) is 12.1 Å². The fourth-order valence-corrected chi connectivity index (χ4v) is 2.49. The summed E-state index contributed by atoms with van der Waals surface area (Å²) in [5.74, 6) is 0.0857. The second-order valence-electron chi connectivity index (χ2n) is 5.18. The third kappa shape index (κ3) is 3.62. The van der Waals surface area contributed by atoms with Gasteiger partial charge >= 0.3 is 0 Å². The summed E-state index contributed by atoms with van der Waals surface area (Å²) in [7, 11) is 0. The van der Waals surface area contributed by atoms with E-state index in [2.05, 4.69) is 19.9 Å². The van der Waals surface area contributed by atoms with Crippen molar-refractivity contribution in [2.24, 2.45) is 5.92 Å². The van der Waals surface area contributed by atoms with Gasteiger partial charge in [-0.25, -0.2) is 4.98 Å². The first-order valence-corrected chi connectivity index (χ1v) is 7.21. The van der Waals surface area contributed by atoms with Gasteiger partial charge in [0, 0.05) is 50.0 Å². The van der Waals surface area contributed by atoms with E-state index in [-0.39, 0.29) is 11.8 Å². The van der Waals surface area contributed by atoms with E-state index in [1.165, 1.54) is 12.4 Å². The normalized spacial score (nSPS) is 18.7. The maximum absolute atomic E-state index is 12.5. The second kappa shape index (κ2) is 7.04. The first-order chi connectivity index (χ1) is 10.8. The van der Waals surface area contributed by atoms with Crippen molar-refractivity contribution in [1.29, 1.82) is 0 Å². The number of amides is 1. The van der Waals surface area contributed by atoms with E-state index in [0.29, 0.717) is 32.0 Å². The number of rotatable bonds is 3. The Hall–Kier alpha value is -2.41. The molecule has 1 amide bonds. The molecule has 22 heavy (non-hydrogen) atoms. The van der Waals surface area contributed by atoms with Crippen LogP contribution in [-0.2, 0) is 11.2 Å². The quantitative estimate of drug-likeness (QED) is 0.825. The first-order valence-electron chi connectivity index (χ1n) is 7.21. The van der Waals surface area contributed by atoms with Crippen LogP contribution in [0.25, 0.3) is 0 Å². The van der Waals surface area contributed by atoms with E-state index in [1.54, 1.807) is 29.7 Å². The second-order valence-corrected chi connectivity index (χ2v) is 5.18. The first kappa shape index (κ1) is 14.5. The molecule has 114 valence electrons. The van der Waals surface area contributed by atoms with Crippen molar-refractivity contribution in [1.82, 2.24) is 24.8 Å². The summed E-state index contributed by atoms with van der Waals surface area (Å²) in [6, 6.07) is 0. The topological polar surface area (TPSA) is 81.1 Å². The molecular formula is C15H17N5O2. The number of nitrogens with zero attached hydrogens (tertiary/aromatic N) is 5. The minimum absolute atomic E-state index is 0.109. The van der Waals surface area contributed by atoms with Crippen molar-refractivity contribution in [3.8, 4) is 0 Å². The van der Waals surface area contributed by atoms with E-state index in [1.807, 2.05) is 0 Å². The smallest absolute Gasteiger partial charge is 0.274 e. The Labute approximate surface area is 128 Å². The van der Waals surface area contributed by atoms with Crippen molar-refractivity contribution in [2.75, 3.05) is 26.3 Å². The highest BCUT2D eigenvalue weighted by molar-refractivity contribution is 5.91. The zero-order valence-corrected chi connectivity index (χ0v) is 12.1. The van der Waals surface area contributed by atoms with Gasteiger partial charge in [0.05, 0.1) is 25.1 Å². The highest BCUT2D eigenvalue weighted by Crippen LogP contribution is 2.13. The van der Waals surface area contributed by atoms with Crippen LogP contribution in [0.4, 0.5) is 0 Å². The summed E-state index contributed by atoms with van der Waals surface area (Å²) in [6.07, 6.45) is 10.4. The van der Waals surface area contributed by atoms with Gasteiger partial charge in [-0.1, -0.05) is 0 Å². The Kier molecular flexibility index (Phi) is 4.65. The Morgan fingerprint density at radius 1 is 1.18 bits per heavy atom. The molecule has 1 unspecified atom stereocenters. The molecule has 0 spiro atoms. The van der Waals surface area contributed by atoms with E-state index in [4.69, 9.17) is 4.74 Å². The van der Waals surface area contributed by atoms with Crippen molar-refractivity contribution < 1.29 is 9.53 Å². The number of hydrogen-bond donors (Lipinski definition) is 0. The van der Waals surface area contributed by atoms with Crippen LogP contribution in [0.3, 0.4) is 0 Å². The summed E-state index contributed by atoms with van der Waals surface area (Å²) >= 11 is 0. The fourth-order valence-electron chi connectivity index (χ4n) is 2.49. The van der Waals surface area contributed by atoms with Crippen LogP contribution < -0.4 is 0 Å². The van der Waals surface area contributed by atoms with Crippen LogP contribution in [0.1, 0.15) is 16.2 Å². The van der Waals surface area contributed by atoms with E-state index >= 15 is 0 Å². The molecule has 0 radical (unpaired) electrons. The number of hydrogen-bond acceptors (Lipinski definition) is 6. The Bertz CT molecular complexity index is 608. The third-order valence-corrected chi connectivity index (χ3v) is 3.52. The summed E-state index contributed by atoms with van der Waals surface area (Å²) in [4.78, 5) is 30.7. The van der Waals surface area contributed by atoms with Gasteiger partial charge in [0.25, 0.3) is 5.91 Å². The lowest BCUT2D eigenvalue weighted by Crippen LogP contribution is -2.37. The molecule has 1 aliphatic heterocycles. The van der Waals surface area contributed by atoms with Gasteiger partial charge in [0.15, 0.2) is 0 Å². The van der Waals surface area contributed by atoms with Crippen molar-refractivity contribution >= 4 is 5.91 Å². The average molecular weight is 299 g/mol. The average Bonchev–Trinajstić information content (AvgIpc) is 2.81. The summed E-state index contributed by atoms with van der Waals surface area (Å²) < 4.78 is 5.62. The van der Waals surface area contributed by atoms with Gasteiger partial charge in [-0.05, 0) is 6.42 Å². The minimum Gasteiger partial charge on any atom is -0.379 e. The summed E-state index contributed by atoms with van der Waals surface area (Å²) in [6.45, 7) is 2.32. The summed E-state index contributed by atoms with van der Waals surface area (Å²) in [5, 5.41) is 0. The zero-order chi connectivity index (χ0) is 15.2. The maximum Gasteiger partial charge on any atom is 0.274 e. The monoisotopic (exact) mass is 299 g/mol. The van der Waals surface area contributed by atoms with Gasteiger partial charge in [0.1, 0.15) is 5.69 Å². The predicted octanol–water partition coefficient (Wildman–Crippen LogP) is 0.598. The fraction of sp³-hybridized carbons (Fsp3) is 0.400. The number of carbonyl (C=O) groups excluding carboxylic acids is 1. The highest BCUT2D eigenvalue weighted by atomic mass is 16.5. The Morgan fingerprint density at radius 2 is 2.00 bits per heavy atom. The molecule has 1 saturated heterocycles. The van der Waals surface area contributed by atoms with E-state index in [9.17, 15) is 4.79 Å². The molecule has 2 aromatic heterocycles. The molecule has 1 fully saturated rings. The molecule has 0 aliphatic carbocycles. The van der Waals surface area contributed by atoms with Crippen LogP contribution in [0, 0.1) is 5.92 Å². The largest absolute Gasteiger partial charge is 0.379 e. The molecular weight excluding hydrogens is 282 g/mol. The van der Waals surface area contributed by atoms with Gasteiger partial charge in [-0.15, -0.1) is 0 Å². The predicted molar refractivity (Wildman–Crippen MR) is 78.0 cm³/mol. The van der Waals surface area contributed by atoms with Crippen molar-refractivity contribution in [2.45, 2.75) is 6.42 Å². The summed E-state index contributed by atoms with van der Waals surface area (Å²) in [5.41, 5.74) is 1.27. The standard InChI is InChI=1S/C15H17N5O2/c21-15(14-9-17-2-4-19-14)20-5-6-22-11-12(10-20)7-13-8-16-1-3-18-13/h1-4,8-9,12H,5-7,10-11H2. The van der Waals surface area contributed by atoms with E-state index < -0.39 is 0 Å². The molecule has 3 heterocycles. The van der Waals surface area contributed by atoms with Crippen molar-refractivity contribution in [3.63, 3.8) is 0 Å². The molecule has 1 aliphatic rings. The molecule has 7 nitrogen and oxygen atoms in total. The Morgan fingerprint density at radius 3 is 2.73 bits per heavy atom. The van der Waals surface area contributed by atoms with Gasteiger partial charge in [-0.3, -0.25) is 19.7 Å². The van der Waals surface area contributed by atoms with Gasteiger partial charge in [0.2, 0.25) is 0 Å². The molecule has 0 bridgehead atoms. The molecule has 1 atom stereocenters. The molecule has 0 N–H and O–H groups in total. The zero-order valence-electron chi connectivity index (χ0n) is 12.1. The molecule has 0 saturated carbocycles.